The summed E-state index contributed by atoms with van der Waals surface area (Å²) >= 11 is 0. The Kier molecular flexibility index (Phi) is 3.92. The molecule has 3 rings (SSSR count). The lowest BCUT2D eigenvalue weighted by atomic mass is 9.77. The normalized spacial score (nSPS) is 34.2. The third-order valence-corrected chi connectivity index (χ3v) is 5.54. The first kappa shape index (κ1) is 12.9. The van der Waals surface area contributed by atoms with E-state index in [-0.39, 0.29) is 6.10 Å². The molecule has 1 spiro atoms. The van der Waals surface area contributed by atoms with Gasteiger partial charge in [0.1, 0.15) is 0 Å². The number of likely N-dealkylation sites (tertiary alicyclic amines) is 1. The predicted octanol–water partition coefficient (Wildman–Crippen LogP) is 2.04. The maximum absolute atomic E-state index is 10.2. The first-order valence-electron chi connectivity index (χ1n) is 7.76. The fourth-order valence-corrected chi connectivity index (χ4v) is 4.10. The van der Waals surface area contributed by atoms with Crippen molar-refractivity contribution in [3.8, 4) is 0 Å². The molecule has 2 aliphatic heterocycles. The number of rotatable bonds is 3. The Labute approximate surface area is 110 Å². The van der Waals surface area contributed by atoms with Crippen molar-refractivity contribution in [1.82, 2.24) is 4.90 Å². The molecule has 0 radical (unpaired) electrons. The van der Waals surface area contributed by atoms with Crippen LogP contribution in [0, 0.1) is 11.3 Å². The minimum absolute atomic E-state index is 0.176. The summed E-state index contributed by atoms with van der Waals surface area (Å²) < 4.78 is 5.37. The van der Waals surface area contributed by atoms with Crippen molar-refractivity contribution in [1.29, 1.82) is 0 Å². The number of β-amino-alcohol motifs (C(OH)–C–C–N with tert-alkyl or cyclic N) is 1. The van der Waals surface area contributed by atoms with Crippen LogP contribution in [0.1, 0.15) is 44.9 Å². The van der Waals surface area contributed by atoms with E-state index >= 15 is 0 Å². The first-order valence-corrected chi connectivity index (χ1v) is 7.76. The highest BCUT2D eigenvalue weighted by molar-refractivity contribution is 4.90. The molecule has 2 heterocycles. The van der Waals surface area contributed by atoms with Crippen LogP contribution in [0.4, 0.5) is 0 Å². The van der Waals surface area contributed by atoms with E-state index in [2.05, 4.69) is 4.90 Å². The van der Waals surface area contributed by atoms with Gasteiger partial charge in [0.05, 0.1) is 12.7 Å². The average molecular weight is 253 g/mol. The number of nitrogens with zero attached hydrogens (tertiary/aromatic N) is 1. The second kappa shape index (κ2) is 5.48. The zero-order chi connectivity index (χ0) is 12.4. The summed E-state index contributed by atoms with van der Waals surface area (Å²) in [5.74, 6) is 0.382. The van der Waals surface area contributed by atoms with Gasteiger partial charge in [-0.05, 0) is 50.6 Å². The van der Waals surface area contributed by atoms with E-state index in [4.69, 9.17) is 4.74 Å². The minimum atomic E-state index is -0.176. The van der Waals surface area contributed by atoms with Crippen molar-refractivity contribution >= 4 is 0 Å². The molecule has 104 valence electrons. The molecular weight excluding hydrogens is 226 g/mol. The van der Waals surface area contributed by atoms with Crippen molar-refractivity contribution in [3.63, 3.8) is 0 Å². The van der Waals surface area contributed by atoms with Crippen LogP contribution in [0.25, 0.3) is 0 Å². The lowest BCUT2D eigenvalue weighted by Gasteiger charge is -2.40. The zero-order valence-electron chi connectivity index (χ0n) is 11.4. The zero-order valence-corrected chi connectivity index (χ0v) is 11.4. The molecular formula is C15H27NO2. The van der Waals surface area contributed by atoms with Crippen molar-refractivity contribution in [2.45, 2.75) is 51.0 Å². The van der Waals surface area contributed by atoms with Crippen LogP contribution >= 0.6 is 0 Å². The van der Waals surface area contributed by atoms with E-state index in [1.807, 2.05) is 0 Å². The molecule has 0 aromatic rings. The molecule has 0 amide bonds. The van der Waals surface area contributed by atoms with Crippen LogP contribution in [0.5, 0.6) is 0 Å². The summed E-state index contributed by atoms with van der Waals surface area (Å²) in [6.45, 7) is 4.86. The van der Waals surface area contributed by atoms with Crippen molar-refractivity contribution in [2.75, 3.05) is 32.8 Å². The number of ether oxygens (including phenoxy) is 1. The van der Waals surface area contributed by atoms with E-state index < -0.39 is 0 Å². The average Bonchev–Trinajstić information content (AvgIpc) is 3.04. The molecule has 1 aliphatic carbocycles. The van der Waals surface area contributed by atoms with E-state index in [9.17, 15) is 5.11 Å². The molecule has 3 nitrogen and oxygen atoms in total. The smallest absolute Gasteiger partial charge is 0.0718 e. The van der Waals surface area contributed by atoms with Gasteiger partial charge < -0.3 is 14.7 Å². The summed E-state index contributed by atoms with van der Waals surface area (Å²) in [5, 5.41) is 10.2. The highest BCUT2D eigenvalue weighted by Gasteiger charge is 2.37. The topological polar surface area (TPSA) is 32.7 Å². The van der Waals surface area contributed by atoms with E-state index in [0.717, 1.165) is 26.2 Å². The molecule has 2 atom stereocenters. The monoisotopic (exact) mass is 253 g/mol. The standard InChI is InChI=1S/C15H27NO2/c17-14(13-3-10-18-12-13)11-16-8-6-15(7-9-16)4-1-2-5-15/h13-14,17H,1-12H2. The molecule has 18 heavy (non-hydrogen) atoms. The van der Waals surface area contributed by atoms with Gasteiger partial charge in [-0.2, -0.15) is 0 Å². The second-order valence-electron chi connectivity index (χ2n) is 6.70. The van der Waals surface area contributed by atoms with Gasteiger partial charge >= 0.3 is 0 Å². The Morgan fingerprint density at radius 3 is 2.50 bits per heavy atom. The number of aliphatic hydroxyl groups excluding tert-OH is 1. The van der Waals surface area contributed by atoms with E-state index in [1.165, 1.54) is 51.6 Å². The minimum Gasteiger partial charge on any atom is -0.391 e. The first-order chi connectivity index (χ1) is 8.77. The maximum Gasteiger partial charge on any atom is 0.0718 e. The van der Waals surface area contributed by atoms with Gasteiger partial charge in [0.15, 0.2) is 0 Å². The van der Waals surface area contributed by atoms with Gasteiger partial charge in [0.2, 0.25) is 0 Å². The number of hydrogen-bond donors (Lipinski definition) is 1. The molecule has 0 aromatic carbocycles. The summed E-state index contributed by atoms with van der Waals surface area (Å²) in [7, 11) is 0. The quantitative estimate of drug-likeness (QED) is 0.835. The maximum atomic E-state index is 10.2. The van der Waals surface area contributed by atoms with Crippen LogP contribution in [0.3, 0.4) is 0 Å². The van der Waals surface area contributed by atoms with Gasteiger partial charge in [0.25, 0.3) is 0 Å². The number of hydrogen-bond acceptors (Lipinski definition) is 3. The Balaban J connectivity index is 1.44. The third-order valence-electron chi connectivity index (χ3n) is 5.54. The van der Waals surface area contributed by atoms with Crippen molar-refractivity contribution in [2.24, 2.45) is 11.3 Å². The fourth-order valence-electron chi connectivity index (χ4n) is 4.10. The lowest BCUT2D eigenvalue weighted by molar-refractivity contribution is 0.0291. The molecule has 3 aliphatic rings. The molecule has 3 fully saturated rings. The van der Waals surface area contributed by atoms with E-state index in [0.29, 0.717) is 11.3 Å². The van der Waals surface area contributed by atoms with Crippen molar-refractivity contribution < 1.29 is 9.84 Å². The molecule has 1 saturated carbocycles. The number of aliphatic hydroxyl groups is 1. The highest BCUT2D eigenvalue weighted by atomic mass is 16.5. The summed E-state index contributed by atoms with van der Waals surface area (Å²) in [6, 6.07) is 0. The molecule has 0 aromatic heterocycles. The SMILES string of the molecule is OC(CN1CCC2(CCCC2)CC1)C1CCOC1. The second-order valence-corrected chi connectivity index (χ2v) is 6.70. The predicted molar refractivity (Wildman–Crippen MR) is 71.5 cm³/mol. The van der Waals surface area contributed by atoms with Crippen molar-refractivity contribution in [3.05, 3.63) is 0 Å². The Morgan fingerprint density at radius 2 is 1.89 bits per heavy atom. The molecule has 1 N–H and O–H groups in total. The molecule has 0 bridgehead atoms. The highest BCUT2D eigenvalue weighted by Crippen LogP contribution is 2.46. The Hall–Kier alpha value is -0.120. The van der Waals surface area contributed by atoms with Gasteiger partial charge in [-0.15, -0.1) is 0 Å². The van der Waals surface area contributed by atoms with E-state index in [1.54, 1.807) is 0 Å². The van der Waals surface area contributed by atoms with Crippen LogP contribution in [-0.4, -0.2) is 49.0 Å². The molecule has 2 unspecified atom stereocenters. The van der Waals surface area contributed by atoms with Crippen LogP contribution in [-0.2, 0) is 4.74 Å². The lowest BCUT2D eigenvalue weighted by Crippen LogP contribution is -2.44. The van der Waals surface area contributed by atoms with Crippen LogP contribution in [0.2, 0.25) is 0 Å². The fraction of sp³-hybridized carbons (Fsp3) is 1.00. The summed E-state index contributed by atoms with van der Waals surface area (Å²) in [6.07, 6.45) is 9.40. The number of piperidine rings is 1. The van der Waals surface area contributed by atoms with Gasteiger partial charge in [-0.25, -0.2) is 0 Å². The Bertz CT molecular complexity index is 260. The molecule has 3 heteroatoms. The molecule has 2 saturated heterocycles. The van der Waals surface area contributed by atoms with Gasteiger partial charge in [0, 0.05) is 19.1 Å². The van der Waals surface area contributed by atoms with Crippen LogP contribution in [0.15, 0.2) is 0 Å². The Morgan fingerprint density at radius 1 is 1.17 bits per heavy atom. The van der Waals surface area contributed by atoms with Crippen LogP contribution < -0.4 is 0 Å². The summed E-state index contributed by atoms with van der Waals surface area (Å²) in [4.78, 5) is 2.48. The third kappa shape index (κ3) is 2.73. The summed E-state index contributed by atoms with van der Waals surface area (Å²) in [5.41, 5.74) is 0.692. The largest absolute Gasteiger partial charge is 0.391 e. The van der Waals surface area contributed by atoms with Gasteiger partial charge in [-0.1, -0.05) is 12.8 Å². The van der Waals surface area contributed by atoms with Gasteiger partial charge in [-0.3, -0.25) is 0 Å².